The van der Waals surface area contributed by atoms with Crippen molar-refractivity contribution in [2.24, 2.45) is 0 Å². The van der Waals surface area contributed by atoms with Crippen LogP contribution in [-0.4, -0.2) is 51.4 Å². The van der Waals surface area contributed by atoms with E-state index in [1.54, 1.807) is 19.2 Å². The van der Waals surface area contributed by atoms with Gasteiger partial charge in [0.05, 0.1) is 37.6 Å². The van der Waals surface area contributed by atoms with Crippen molar-refractivity contribution in [1.29, 1.82) is 5.26 Å². The van der Waals surface area contributed by atoms with E-state index < -0.39 is 0 Å². The summed E-state index contributed by atoms with van der Waals surface area (Å²) in [6.07, 6.45) is 0. The van der Waals surface area contributed by atoms with Gasteiger partial charge in [0.2, 0.25) is 0 Å². The minimum Gasteiger partial charge on any atom is -0.495 e. The zero-order valence-electron chi connectivity index (χ0n) is 11.2. The fourth-order valence-corrected chi connectivity index (χ4v) is 2.08. The van der Waals surface area contributed by atoms with Crippen LogP contribution >= 0.6 is 0 Å². The summed E-state index contributed by atoms with van der Waals surface area (Å²) < 4.78 is 10.6. The molecule has 2 rings (SSSR count). The molecule has 0 aliphatic carbocycles. The van der Waals surface area contributed by atoms with Gasteiger partial charge in [0.15, 0.2) is 0 Å². The number of nitriles is 1. The van der Waals surface area contributed by atoms with Crippen LogP contribution in [0.1, 0.15) is 5.56 Å². The SMILES string of the molecule is COc1cc(C#N)ccc1NCCN1CCOCC1. The standard InChI is InChI=1S/C14H19N3O2/c1-18-14-10-12(11-15)2-3-13(14)16-4-5-17-6-8-19-9-7-17/h2-3,10,16H,4-9H2,1H3. The highest BCUT2D eigenvalue weighted by atomic mass is 16.5. The molecule has 19 heavy (non-hydrogen) atoms. The van der Waals surface area contributed by atoms with Crippen LogP contribution in [-0.2, 0) is 4.74 Å². The van der Waals surface area contributed by atoms with Gasteiger partial charge in [-0.05, 0) is 12.1 Å². The quantitative estimate of drug-likeness (QED) is 0.866. The molecule has 0 saturated carbocycles. The monoisotopic (exact) mass is 261 g/mol. The van der Waals surface area contributed by atoms with Gasteiger partial charge < -0.3 is 14.8 Å². The van der Waals surface area contributed by atoms with E-state index in [0.717, 1.165) is 45.1 Å². The van der Waals surface area contributed by atoms with Crippen LogP contribution in [0.4, 0.5) is 5.69 Å². The highest BCUT2D eigenvalue weighted by Gasteiger charge is 2.10. The number of nitrogens with zero attached hydrogens (tertiary/aromatic N) is 2. The summed E-state index contributed by atoms with van der Waals surface area (Å²) in [6, 6.07) is 7.53. The minimum atomic E-state index is 0.607. The predicted octanol–water partition coefficient (Wildman–Crippen LogP) is 1.31. The fourth-order valence-electron chi connectivity index (χ4n) is 2.08. The van der Waals surface area contributed by atoms with Gasteiger partial charge in [0, 0.05) is 32.2 Å². The van der Waals surface area contributed by atoms with E-state index in [4.69, 9.17) is 14.7 Å². The number of hydrogen-bond acceptors (Lipinski definition) is 5. The summed E-state index contributed by atoms with van der Waals surface area (Å²) in [7, 11) is 1.61. The minimum absolute atomic E-state index is 0.607. The molecule has 1 heterocycles. The molecule has 5 heteroatoms. The van der Waals surface area contributed by atoms with Gasteiger partial charge in [-0.25, -0.2) is 0 Å². The first-order valence-electron chi connectivity index (χ1n) is 6.45. The second kappa shape index (κ2) is 6.98. The van der Waals surface area contributed by atoms with Crippen molar-refractivity contribution >= 4 is 5.69 Å². The molecule has 1 saturated heterocycles. The molecular formula is C14H19N3O2. The molecule has 0 aromatic heterocycles. The van der Waals surface area contributed by atoms with Crippen LogP contribution in [0.25, 0.3) is 0 Å². The smallest absolute Gasteiger partial charge is 0.143 e. The number of rotatable bonds is 5. The maximum Gasteiger partial charge on any atom is 0.143 e. The van der Waals surface area contributed by atoms with Crippen LogP contribution in [0.2, 0.25) is 0 Å². The number of morpholine rings is 1. The van der Waals surface area contributed by atoms with Crippen molar-refractivity contribution in [3.63, 3.8) is 0 Å². The van der Waals surface area contributed by atoms with Gasteiger partial charge >= 0.3 is 0 Å². The lowest BCUT2D eigenvalue weighted by Crippen LogP contribution is -2.39. The van der Waals surface area contributed by atoms with Crippen molar-refractivity contribution < 1.29 is 9.47 Å². The molecule has 1 aliphatic rings. The van der Waals surface area contributed by atoms with Crippen molar-refractivity contribution in [3.8, 4) is 11.8 Å². The Balaban J connectivity index is 1.86. The molecule has 1 N–H and O–H groups in total. The normalized spacial score (nSPS) is 15.8. The zero-order valence-corrected chi connectivity index (χ0v) is 11.2. The first-order valence-corrected chi connectivity index (χ1v) is 6.45. The van der Waals surface area contributed by atoms with Gasteiger partial charge in [0.1, 0.15) is 5.75 Å². The average Bonchev–Trinajstić information content (AvgIpc) is 2.48. The summed E-state index contributed by atoms with van der Waals surface area (Å²) >= 11 is 0. The fraction of sp³-hybridized carbons (Fsp3) is 0.500. The molecule has 0 spiro atoms. The van der Waals surface area contributed by atoms with Crippen molar-refractivity contribution in [1.82, 2.24) is 4.90 Å². The maximum absolute atomic E-state index is 8.85. The molecule has 0 amide bonds. The number of hydrogen-bond donors (Lipinski definition) is 1. The Morgan fingerprint density at radius 2 is 2.21 bits per heavy atom. The Morgan fingerprint density at radius 1 is 1.42 bits per heavy atom. The van der Waals surface area contributed by atoms with Gasteiger partial charge in [0.25, 0.3) is 0 Å². The van der Waals surface area contributed by atoms with Gasteiger partial charge in [-0.1, -0.05) is 0 Å². The van der Waals surface area contributed by atoms with E-state index in [-0.39, 0.29) is 0 Å². The van der Waals surface area contributed by atoms with E-state index in [1.807, 2.05) is 6.07 Å². The Labute approximate surface area is 113 Å². The Bertz CT molecular complexity index is 450. The summed E-state index contributed by atoms with van der Waals surface area (Å²) in [5.41, 5.74) is 1.53. The Kier molecular flexibility index (Phi) is 5.01. The molecule has 1 aliphatic heterocycles. The Morgan fingerprint density at radius 3 is 2.89 bits per heavy atom. The summed E-state index contributed by atoms with van der Waals surface area (Å²) in [6.45, 7) is 5.45. The third-order valence-electron chi connectivity index (χ3n) is 3.18. The second-order valence-corrected chi connectivity index (χ2v) is 4.41. The van der Waals surface area contributed by atoms with Crippen molar-refractivity contribution in [2.45, 2.75) is 0 Å². The van der Waals surface area contributed by atoms with E-state index >= 15 is 0 Å². The lowest BCUT2D eigenvalue weighted by Gasteiger charge is -2.26. The van der Waals surface area contributed by atoms with Gasteiger partial charge in [-0.2, -0.15) is 5.26 Å². The zero-order chi connectivity index (χ0) is 13.5. The predicted molar refractivity (Wildman–Crippen MR) is 73.5 cm³/mol. The molecule has 102 valence electrons. The number of ether oxygens (including phenoxy) is 2. The van der Waals surface area contributed by atoms with Gasteiger partial charge in [-0.15, -0.1) is 0 Å². The third kappa shape index (κ3) is 3.85. The highest BCUT2D eigenvalue weighted by molar-refractivity contribution is 5.59. The first kappa shape index (κ1) is 13.7. The molecule has 1 aromatic rings. The van der Waals surface area contributed by atoms with Gasteiger partial charge in [-0.3, -0.25) is 4.90 Å². The summed E-state index contributed by atoms with van der Waals surface area (Å²) in [5, 5.41) is 12.2. The number of benzene rings is 1. The van der Waals surface area contributed by atoms with E-state index in [2.05, 4.69) is 16.3 Å². The number of anilines is 1. The molecule has 1 aromatic carbocycles. The molecular weight excluding hydrogens is 242 g/mol. The van der Waals surface area contributed by atoms with Crippen LogP contribution < -0.4 is 10.1 Å². The molecule has 0 radical (unpaired) electrons. The average molecular weight is 261 g/mol. The maximum atomic E-state index is 8.85. The van der Waals surface area contributed by atoms with Crippen LogP contribution in [0, 0.1) is 11.3 Å². The lowest BCUT2D eigenvalue weighted by atomic mass is 10.2. The van der Waals surface area contributed by atoms with E-state index in [9.17, 15) is 0 Å². The van der Waals surface area contributed by atoms with Crippen LogP contribution in [0.5, 0.6) is 5.75 Å². The molecule has 0 atom stereocenters. The van der Waals surface area contributed by atoms with E-state index in [1.165, 1.54) is 0 Å². The van der Waals surface area contributed by atoms with E-state index in [0.29, 0.717) is 11.3 Å². The van der Waals surface area contributed by atoms with Crippen molar-refractivity contribution in [2.75, 3.05) is 51.8 Å². The topological polar surface area (TPSA) is 57.5 Å². The van der Waals surface area contributed by atoms with Crippen LogP contribution in [0.3, 0.4) is 0 Å². The summed E-state index contributed by atoms with van der Waals surface area (Å²) in [4.78, 5) is 2.37. The number of nitrogens with one attached hydrogen (secondary N) is 1. The second-order valence-electron chi connectivity index (χ2n) is 4.41. The lowest BCUT2D eigenvalue weighted by molar-refractivity contribution is 0.0398. The van der Waals surface area contributed by atoms with Crippen molar-refractivity contribution in [3.05, 3.63) is 23.8 Å². The largest absolute Gasteiger partial charge is 0.495 e. The molecule has 5 nitrogen and oxygen atoms in total. The molecule has 0 unspecified atom stereocenters. The first-order chi connectivity index (χ1) is 9.33. The molecule has 0 bridgehead atoms. The highest BCUT2D eigenvalue weighted by Crippen LogP contribution is 2.24. The molecule has 1 fully saturated rings. The summed E-state index contributed by atoms with van der Waals surface area (Å²) in [5.74, 6) is 0.709. The third-order valence-corrected chi connectivity index (χ3v) is 3.18. The van der Waals surface area contributed by atoms with Crippen LogP contribution in [0.15, 0.2) is 18.2 Å². The Hall–Kier alpha value is -1.77. The number of methoxy groups -OCH3 is 1.